The second-order valence-corrected chi connectivity index (χ2v) is 7.94. The minimum absolute atomic E-state index is 0.140. The molecule has 3 fully saturated rings. The molecule has 1 nitrogen and oxygen atoms in total. The van der Waals surface area contributed by atoms with Crippen LogP contribution in [0, 0.1) is 35.4 Å². The molecule has 5 atom stereocenters. The molecule has 5 unspecified atom stereocenters. The van der Waals surface area contributed by atoms with Crippen LogP contribution in [-0.4, -0.2) is 12.6 Å². The fourth-order valence-electron chi connectivity index (χ4n) is 5.48. The molecule has 0 amide bonds. The largest absolute Gasteiger partial charge is 0.314 e. The summed E-state index contributed by atoms with van der Waals surface area (Å²) in [6.07, 6.45) is 5.37. The van der Waals surface area contributed by atoms with Crippen LogP contribution >= 0.6 is 15.9 Å². The van der Waals surface area contributed by atoms with E-state index in [4.69, 9.17) is 0 Å². The van der Waals surface area contributed by atoms with E-state index in [-0.39, 0.29) is 5.82 Å². The average Bonchev–Trinajstić information content (AvgIpc) is 2.90. The highest BCUT2D eigenvalue weighted by atomic mass is 79.9. The van der Waals surface area contributed by atoms with Gasteiger partial charge in [-0.1, -0.05) is 19.1 Å². The van der Waals surface area contributed by atoms with Gasteiger partial charge in [0, 0.05) is 6.04 Å². The lowest BCUT2D eigenvalue weighted by Gasteiger charge is -2.22. The van der Waals surface area contributed by atoms with Crippen LogP contribution in [0.4, 0.5) is 4.39 Å². The first-order valence-corrected chi connectivity index (χ1v) is 9.16. The van der Waals surface area contributed by atoms with E-state index in [1.807, 2.05) is 6.07 Å². The molecule has 3 aliphatic rings. The molecule has 3 heteroatoms. The van der Waals surface area contributed by atoms with E-state index in [9.17, 15) is 4.39 Å². The Balaban J connectivity index is 1.52. The van der Waals surface area contributed by atoms with Crippen molar-refractivity contribution in [3.05, 3.63) is 34.1 Å². The predicted octanol–water partition coefficient (Wildman–Crippen LogP) is 4.40. The van der Waals surface area contributed by atoms with E-state index in [1.54, 1.807) is 0 Å². The Morgan fingerprint density at radius 1 is 1.29 bits per heavy atom. The van der Waals surface area contributed by atoms with Gasteiger partial charge in [0.2, 0.25) is 0 Å². The molecule has 1 N–H and O–H groups in total. The first kappa shape index (κ1) is 14.2. The maximum absolute atomic E-state index is 13.7. The van der Waals surface area contributed by atoms with Crippen molar-refractivity contribution in [1.82, 2.24) is 5.32 Å². The third-order valence-electron chi connectivity index (χ3n) is 6.20. The summed E-state index contributed by atoms with van der Waals surface area (Å²) in [6, 6.07) is 5.94. The van der Waals surface area contributed by atoms with Gasteiger partial charge in [-0.25, -0.2) is 4.39 Å². The normalized spacial score (nSPS) is 37.6. The Morgan fingerprint density at radius 2 is 2.00 bits per heavy atom. The third kappa shape index (κ3) is 2.28. The molecule has 0 aromatic heterocycles. The van der Waals surface area contributed by atoms with Gasteiger partial charge in [-0.2, -0.15) is 0 Å². The van der Waals surface area contributed by atoms with Crippen molar-refractivity contribution in [2.75, 3.05) is 6.54 Å². The monoisotopic (exact) mass is 351 g/mol. The van der Waals surface area contributed by atoms with Gasteiger partial charge in [-0.15, -0.1) is 0 Å². The van der Waals surface area contributed by atoms with Crippen molar-refractivity contribution < 1.29 is 4.39 Å². The second-order valence-electron chi connectivity index (χ2n) is 7.15. The quantitative estimate of drug-likeness (QED) is 0.828. The highest BCUT2D eigenvalue weighted by Crippen LogP contribution is 2.70. The molecule has 4 rings (SSSR count). The van der Waals surface area contributed by atoms with Gasteiger partial charge in [-0.3, -0.25) is 0 Å². The van der Waals surface area contributed by atoms with Crippen LogP contribution in [0.2, 0.25) is 0 Å². The van der Waals surface area contributed by atoms with Gasteiger partial charge >= 0.3 is 0 Å². The van der Waals surface area contributed by atoms with Crippen molar-refractivity contribution in [2.24, 2.45) is 29.6 Å². The van der Waals surface area contributed by atoms with Gasteiger partial charge < -0.3 is 5.32 Å². The number of likely N-dealkylation sites (N-methyl/N-ethyl adjacent to an activating group) is 1. The Labute approximate surface area is 134 Å². The summed E-state index contributed by atoms with van der Waals surface area (Å²) >= 11 is 3.42. The lowest BCUT2D eigenvalue weighted by Crippen LogP contribution is -2.35. The lowest BCUT2D eigenvalue weighted by molar-refractivity contribution is 0.365. The van der Waals surface area contributed by atoms with Crippen molar-refractivity contribution in [3.63, 3.8) is 0 Å². The third-order valence-corrected chi connectivity index (χ3v) is 7.09. The molecule has 21 heavy (non-hydrogen) atoms. The minimum atomic E-state index is -0.140. The van der Waals surface area contributed by atoms with Crippen molar-refractivity contribution in [2.45, 2.75) is 38.6 Å². The number of hydrogen-bond donors (Lipinski definition) is 1. The Hall–Kier alpha value is -0.410. The van der Waals surface area contributed by atoms with Crippen molar-refractivity contribution in [3.8, 4) is 0 Å². The number of rotatable bonds is 5. The SMILES string of the molecule is CCNC(Cc1cccc(F)c1Br)C1C2C3CCC(C3)C21. The number of fused-ring (bicyclic) bond motifs is 5. The molecule has 0 saturated heterocycles. The molecule has 2 bridgehead atoms. The smallest absolute Gasteiger partial charge is 0.137 e. The summed E-state index contributed by atoms with van der Waals surface area (Å²) in [4.78, 5) is 0. The zero-order valence-electron chi connectivity index (χ0n) is 12.5. The van der Waals surface area contributed by atoms with E-state index in [0.29, 0.717) is 10.5 Å². The summed E-state index contributed by atoms with van der Waals surface area (Å²) in [6.45, 7) is 3.18. The molecular formula is C18H23BrFN. The average molecular weight is 352 g/mol. The van der Waals surface area contributed by atoms with Crippen molar-refractivity contribution in [1.29, 1.82) is 0 Å². The van der Waals surface area contributed by atoms with Crippen LogP contribution in [-0.2, 0) is 6.42 Å². The summed E-state index contributed by atoms with van der Waals surface area (Å²) in [5.74, 6) is 4.65. The predicted molar refractivity (Wildman–Crippen MR) is 86.6 cm³/mol. The van der Waals surface area contributed by atoms with E-state index < -0.39 is 0 Å². The first-order chi connectivity index (χ1) is 10.2. The van der Waals surface area contributed by atoms with Gasteiger partial charge in [0.05, 0.1) is 4.47 Å². The fourth-order valence-corrected chi connectivity index (χ4v) is 5.91. The van der Waals surface area contributed by atoms with Crippen LogP contribution in [0.15, 0.2) is 22.7 Å². The molecule has 1 aromatic carbocycles. The van der Waals surface area contributed by atoms with Gasteiger partial charge in [-0.05, 0) is 89.4 Å². The summed E-state index contributed by atoms with van der Waals surface area (Å²) in [5.41, 5.74) is 1.11. The van der Waals surface area contributed by atoms with Gasteiger partial charge in [0.15, 0.2) is 0 Å². The minimum Gasteiger partial charge on any atom is -0.314 e. The molecule has 3 saturated carbocycles. The highest BCUT2D eigenvalue weighted by Gasteiger charge is 2.66. The summed E-state index contributed by atoms with van der Waals surface area (Å²) < 4.78 is 14.4. The maximum atomic E-state index is 13.7. The molecular weight excluding hydrogens is 329 g/mol. The van der Waals surface area contributed by atoms with E-state index in [1.165, 1.54) is 25.3 Å². The molecule has 0 radical (unpaired) electrons. The Morgan fingerprint density at radius 3 is 2.67 bits per heavy atom. The van der Waals surface area contributed by atoms with Crippen LogP contribution < -0.4 is 5.32 Å². The van der Waals surface area contributed by atoms with Crippen LogP contribution in [0.1, 0.15) is 31.7 Å². The van der Waals surface area contributed by atoms with E-state index in [0.717, 1.165) is 48.1 Å². The number of benzene rings is 1. The maximum Gasteiger partial charge on any atom is 0.137 e. The van der Waals surface area contributed by atoms with E-state index in [2.05, 4.69) is 34.2 Å². The zero-order chi connectivity index (χ0) is 14.6. The van der Waals surface area contributed by atoms with Crippen LogP contribution in [0.5, 0.6) is 0 Å². The molecule has 114 valence electrons. The number of halogens is 2. The van der Waals surface area contributed by atoms with E-state index >= 15 is 0 Å². The van der Waals surface area contributed by atoms with Gasteiger partial charge in [0.25, 0.3) is 0 Å². The summed E-state index contributed by atoms with van der Waals surface area (Å²) in [5, 5.41) is 3.69. The standard InChI is InChI=1S/C18H23BrFN/c1-2-21-14(9-12-4-3-5-13(20)18(12)19)17-15-10-6-7-11(8-10)16(15)17/h3-5,10-11,14-17,21H,2,6-9H2,1H3. The van der Waals surface area contributed by atoms with Crippen LogP contribution in [0.25, 0.3) is 0 Å². The van der Waals surface area contributed by atoms with Gasteiger partial charge in [0.1, 0.15) is 5.82 Å². The van der Waals surface area contributed by atoms with Crippen molar-refractivity contribution >= 4 is 15.9 Å². The fraction of sp³-hybridized carbons (Fsp3) is 0.667. The second kappa shape index (κ2) is 5.34. The topological polar surface area (TPSA) is 12.0 Å². The molecule has 0 spiro atoms. The summed E-state index contributed by atoms with van der Waals surface area (Å²) in [7, 11) is 0. The van der Waals surface area contributed by atoms with Crippen LogP contribution in [0.3, 0.4) is 0 Å². The Kier molecular flexibility index (Phi) is 3.61. The highest BCUT2D eigenvalue weighted by molar-refractivity contribution is 9.10. The molecule has 1 aromatic rings. The first-order valence-electron chi connectivity index (χ1n) is 8.37. The Bertz CT molecular complexity index is 530. The lowest BCUT2D eigenvalue weighted by atomic mass is 9.93. The number of nitrogens with one attached hydrogen (secondary N) is 1. The number of hydrogen-bond acceptors (Lipinski definition) is 1. The molecule has 0 heterocycles. The zero-order valence-corrected chi connectivity index (χ0v) is 14.1. The molecule has 3 aliphatic carbocycles. The molecule has 0 aliphatic heterocycles.